The van der Waals surface area contributed by atoms with Gasteiger partial charge in [-0.3, -0.25) is 0 Å². The highest BCUT2D eigenvalue weighted by molar-refractivity contribution is 6.30. The molecule has 4 nitrogen and oxygen atoms in total. The van der Waals surface area contributed by atoms with Gasteiger partial charge in [0.2, 0.25) is 0 Å². The van der Waals surface area contributed by atoms with Gasteiger partial charge in [0.1, 0.15) is 0 Å². The maximum Gasteiger partial charge on any atom is 0.178 e. The van der Waals surface area contributed by atoms with Gasteiger partial charge in [0, 0.05) is 16.4 Å². The largest absolute Gasteiger partial charge is 0.178 e. The van der Waals surface area contributed by atoms with E-state index in [4.69, 9.17) is 11.6 Å². The average Bonchev–Trinajstić information content (AvgIpc) is 3.00. The molecule has 22 heavy (non-hydrogen) atoms. The normalized spacial score (nSPS) is 39.3. The van der Waals surface area contributed by atoms with Crippen LogP contribution < -0.4 is 0 Å². The topological polar surface area (TPSA) is 54.5 Å². The zero-order valence-electron chi connectivity index (χ0n) is 12.4. The summed E-state index contributed by atoms with van der Waals surface area (Å²) in [7, 11) is 0. The second kappa shape index (κ2) is 4.54. The number of nitrogens with zero attached hydrogens (tertiary/aromatic N) is 3. The van der Waals surface area contributed by atoms with Crippen LogP contribution in [0.15, 0.2) is 24.3 Å². The van der Waals surface area contributed by atoms with Crippen LogP contribution >= 0.6 is 11.6 Å². The van der Waals surface area contributed by atoms with Crippen LogP contribution in [0, 0.1) is 17.8 Å². The summed E-state index contributed by atoms with van der Waals surface area (Å²) in [6.07, 6.45) is 6.58. The quantitative estimate of drug-likeness (QED) is 0.919. The van der Waals surface area contributed by atoms with Gasteiger partial charge >= 0.3 is 0 Å². The van der Waals surface area contributed by atoms with Crippen molar-refractivity contribution in [2.45, 2.75) is 43.4 Å². The predicted octanol–water partition coefficient (Wildman–Crippen LogP) is 3.71. The minimum atomic E-state index is 0.156. The molecule has 3 unspecified atom stereocenters. The molecule has 4 saturated carbocycles. The fourth-order valence-electron chi connectivity index (χ4n) is 6.01. The highest BCUT2D eigenvalue weighted by Crippen LogP contribution is 2.66. The Bertz CT molecular complexity index is 684. The molecule has 1 N–H and O–H groups in total. The predicted molar refractivity (Wildman–Crippen MR) is 83.6 cm³/mol. The summed E-state index contributed by atoms with van der Waals surface area (Å²) >= 11 is 6.31. The van der Waals surface area contributed by atoms with Gasteiger partial charge in [0.25, 0.3) is 0 Å². The molecule has 4 fully saturated rings. The summed E-state index contributed by atoms with van der Waals surface area (Å²) in [5, 5.41) is 16.1. The molecule has 2 aromatic rings. The van der Waals surface area contributed by atoms with Gasteiger partial charge in [-0.25, -0.2) is 0 Å². The van der Waals surface area contributed by atoms with Crippen LogP contribution in [0.3, 0.4) is 0 Å². The first kappa shape index (κ1) is 13.1. The number of rotatable bonds is 2. The molecule has 4 aliphatic rings. The number of aromatic amines is 1. The number of nitrogens with one attached hydrogen (secondary N) is 1. The molecule has 4 aliphatic carbocycles. The molecule has 0 saturated heterocycles. The van der Waals surface area contributed by atoms with Crippen LogP contribution in [-0.4, -0.2) is 20.6 Å². The van der Waals surface area contributed by atoms with Crippen molar-refractivity contribution in [1.29, 1.82) is 0 Å². The van der Waals surface area contributed by atoms with Crippen LogP contribution in [0.25, 0.3) is 0 Å². The number of halogens is 1. The Hall–Kier alpha value is -1.42. The second-order valence-electron chi connectivity index (χ2n) is 7.52. The molecule has 0 amide bonds. The number of hydrogen-bond acceptors (Lipinski definition) is 3. The van der Waals surface area contributed by atoms with E-state index in [9.17, 15) is 0 Å². The Balaban J connectivity index is 1.69. The first-order valence-corrected chi connectivity index (χ1v) is 8.62. The Morgan fingerprint density at radius 2 is 1.95 bits per heavy atom. The molecule has 0 spiro atoms. The third-order valence-electron chi connectivity index (χ3n) is 6.35. The summed E-state index contributed by atoms with van der Waals surface area (Å²) in [6, 6.07) is 8.48. The van der Waals surface area contributed by atoms with Gasteiger partial charge in [-0.2, -0.15) is 5.21 Å². The lowest BCUT2D eigenvalue weighted by Gasteiger charge is -2.60. The van der Waals surface area contributed by atoms with Crippen molar-refractivity contribution in [3.8, 4) is 0 Å². The molecule has 0 radical (unpaired) electrons. The lowest BCUT2D eigenvalue weighted by atomic mass is 9.43. The van der Waals surface area contributed by atoms with Crippen LogP contribution in [0.4, 0.5) is 0 Å². The third-order valence-corrected chi connectivity index (χ3v) is 6.59. The fraction of sp³-hybridized carbons (Fsp3) is 0.588. The summed E-state index contributed by atoms with van der Waals surface area (Å²) in [5.74, 6) is 3.71. The zero-order valence-corrected chi connectivity index (χ0v) is 13.1. The van der Waals surface area contributed by atoms with E-state index in [0.29, 0.717) is 11.8 Å². The van der Waals surface area contributed by atoms with E-state index in [1.54, 1.807) is 0 Å². The maximum absolute atomic E-state index is 6.31. The number of benzene rings is 1. The lowest BCUT2D eigenvalue weighted by molar-refractivity contribution is -0.0308. The molecule has 4 bridgehead atoms. The van der Waals surface area contributed by atoms with Gasteiger partial charge in [0.05, 0.1) is 0 Å². The van der Waals surface area contributed by atoms with Gasteiger partial charge in [-0.1, -0.05) is 28.9 Å². The third kappa shape index (κ3) is 1.73. The minimum Gasteiger partial charge on any atom is -0.177 e. The van der Waals surface area contributed by atoms with E-state index in [0.717, 1.165) is 22.7 Å². The van der Waals surface area contributed by atoms with E-state index >= 15 is 0 Å². The van der Waals surface area contributed by atoms with Crippen molar-refractivity contribution >= 4 is 11.6 Å². The van der Waals surface area contributed by atoms with Gasteiger partial charge in [-0.15, -0.1) is 10.2 Å². The molecule has 6 rings (SSSR count). The van der Waals surface area contributed by atoms with Gasteiger partial charge < -0.3 is 0 Å². The fourth-order valence-corrected chi connectivity index (χ4v) is 6.20. The average molecular weight is 315 g/mol. The molecular weight excluding hydrogens is 296 g/mol. The first-order valence-electron chi connectivity index (χ1n) is 8.24. The number of tetrazole rings is 1. The number of aromatic nitrogens is 4. The van der Waals surface area contributed by atoms with Crippen LogP contribution in [0.1, 0.15) is 49.4 Å². The minimum absolute atomic E-state index is 0.156. The highest BCUT2D eigenvalue weighted by atomic mass is 35.5. The van der Waals surface area contributed by atoms with Crippen LogP contribution in [0.2, 0.25) is 5.02 Å². The van der Waals surface area contributed by atoms with Crippen molar-refractivity contribution in [3.63, 3.8) is 0 Å². The summed E-state index contributed by atoms with van der Waals surface area (Å²) in [5.41, 5.74) is 1.54. The standard InChI is InChI=1S/C17H19ClN4/c18-14-3-1-2-13(7-14)17-8-10-4-11(9-17)6-12(5-10)15(17)16-19-21-22-20-16/h1-3,7,10-12,15H,4-6,8-9H2,(H,19,20,21,22). The number of hydrogen-bond donors (Lipinski definition) is 1. The smallest absolute Gasteiger partial charge is 0.177 e. The Kier molecular flexibility index (Phi) is 2.70. The molecule has 0 aliphatic heterocycles. The molecule has 1 heterocycles. The molecular formula is C17H19ClN4. The molecule has 1 aromatic heterocycles. The Morgan fingerprint density at radius 1 is 1.14 bits per heavy atom. The van der Waals surface area contributed by atoms with E-state index in [1.165, 1.54) is 37.7 Å². The Labute approximate surface area is 134 Å². The second-order valence-corrected chi connectivity index (χ2v) is 7.96. The molecule has 3 atom stereocenters. The SMILES string of the molecule is Clc1cccc(C23CC4CC(CC(C4)C2c2nn[nH]n2)C3)c1. The van der Waals surface area contributed by atoms with Crippen molar-refractivity contribution in [1.82, 2.24) is 20.6 Å². The molecule has 5 heteroatoms. The Morgan fingerprint density at radius 3 is 2.64 bits per heavy atom. The first-order chi connectivity index (χ1) is 10.7. The van der Waals surface area contributed by atoms with Crippen LogP contribution in [0.5, 0.6) is 0 Å². The summed E-state index contributed by atoms with van der Waals surface area (Å²) in [4.78, 5) is 0. The van der Waals surface area contributed by atoms with E-state index < -0.39 is 0 Å². The van der Waals surface area contributed by atoms with Crippen LogP contribution in [-0.2, 0) is 5.41 Å². The highest BCUT2D eigenvalue weighted by Gasteiger charge is 2.59. The van der Waals surface area contributed by atoms with Crippen molar-refractivity contribution in [2.24, 2.45) is 17.8 Å². The zero-order chi connectivity index (χ0) is 14.7. The van der Waals surface area contributed by atoms with Gasteiger partial charge in [0.15, 0.2) is 5.82 Å². The molecule has 114 valence electrons. The monoisotopic (exact) mass is 314 g/mol. The maximum atomic E-state index is 6.31. The number of H-pyrrole nitrogens is 1. The van der Waals surface area contributed by atoms with E-state index in [-0.39, 0.29) is 5.41 Å². The van der Waals surface area contributed by atoms with Crippen molar-refractivity contribution in [3.05, 3.63) is 40.7 Å². The molecule has 1 aromatic carbocycles. The van der Waals surface area contributed by atoms with Gasteiger partial charge in [-0.05, 0) is 67.6 Å². The summed E-state index contributed by atoms with van der Waals surface area (Å²) in [6.45, 7) is 0. The van der Waals surface area contributed by atoms with E-state index in [2.05, 4.69) is 38.8 Å². The van der Waals surface area contributed by atoms with E-state index in [1.807, 2.05) is 6.07 Å². The summed E-state index contributed by atoms with van der Waals surface area (Å²) < 4.78 is 0. The van der Waals surface area contributed by atoms with Crippen molar-refractivity contribution < 1.29 is 0 Å². The van der Waals surface area contributed by atoms with Crippen molar-refractivity contribution in [2.75, 3.05) is 0 Å². The lowest BCUT2D eigenvalue weighted by Crippen LogP contribution is -2.54.